The summed E-state index contributed by atoms with van der Waals surface area (Å²) in [5.41, 5.74) is 2.68. The summed E-state index contributed by atoms with van der Waals surface area (Å²) in [5, 5.41) is 11.1. The summed E-state index contributed by atoms with van der Waals surface area (Å²) in [5.74, 6) is 0.677. The van der Waals surface area contributed by atoms with E-state index in [2.05, 4.69) is 19.5 Å². The molecule has 1 fully saturated rings. The van der Waals surface area contributed by atoms with Crippen molar-refractivity contribution < 1.29 is 9.84 Å². The van der Waals surface area contributed by atoms with E-state index in [1.807, 2.05) is 12.3 Å². The van der Waals surface area contributed by atoms with Gasteiger partial charge >= 0.3 is 0 Å². The monoisotopic (exact) mass is 286 g/mol. The number of aromatic nitrogens is 4. The summed E-state index contributed by atoms with van der Waals surface area (Å²) in [4.78, 5) is 12.1. The van der Waals surface area contributed by atoms with E-state index in [0.717, 1.165) is 48.1 Å². The molecule has 4 heterocycles. The predicted molar refractivity (Wildman–Crippen MR) is 79.0 cm³/mol. The smallest absolute Gasteiger partial charge is 0.139 e. The summed E-state index contributed by atoms with van der Waals surface area (Å²) in [6, 6.07) is 2.00. The van der Waals surface area contributed by atoms with Crippen molar-refractivity contribution >= 4 is 22.1 Å². The molecule has 2 atom stereocenters. The van der Waals surface area contributed by atoms with Crippen LogP contribution in [0.15, 0.2) is 18.5 Å². The van der Waals surface area contributed by atoms with Gasteiger partial charge in [0.25, 0.3) is 0 Å². The Hall–Kier alpha value is -1.92. The van der Waals surface area contributed by atoms with Crippen molar-refractivity contribution in [2.75, 3.05) is 6.61 Å². The van der Waals surface area contributed by atoms with Gasteiger partial charge in [0.05, 0.1) is 24.4 Å². The van der Waals surface area contributed by atoms with Gasteiger partial charge in [0.15, 0.2) is 0 Å². The maximum atomic E-state index is 10.0. The quantitative estimate of drug-likeness (QED) is 0.773. The maximum absolute atomic E-state index is 10.0. The van der Waals surface area contributed by atoms with Crippen LogP contribution in [0.25, 0.3) is 22.1 Å². The number of fused-ring (bicyclic) bond motifs is 3. The molecule has 0 aromatic carbocycles. The first-order valence-corrected chi connectivity index (χ1v) is 7.36. The third-order valence-corrected chi connectivity index (χ3v) is 4.10. The number of aliphatic hydroxyl groups excluding tert-OH is 1. The lowest BCUT2D eigenvalue weighted by atomic mass is 10.2. The molecule has 0 aliphatic carbocycles. The van der Waals surface area contributed by atoms with Crippen molar-refractivity contribution in [3.63, 3.8) is 0 Å². The van der Waals surface area contributed by atoms with E-state index in [0.29, 0.717) is 5.82 Å². The Balaban J connectivity index is 1.94. The topological polar surface area (TPSA) is 76.0 Å². The third kappa shape index (κ3) is 2.02. The van der Waals surface area contributed by atoms with E-state index < -0.39 is 6.10 Å². The molecule has 3 aromatic rings. The Kier molecular flexibility index (Phi) is 2.94. The van der Waals surface area contributed by atoms with Crippen molar-refractivity contribution in [2.45, 2.75) is 38.5 Å². The van der Waals surface area contributed by atoms with Crippen LogP contribution >= 0.6 is 0 Å². The van der Waals surface area contributed by atoms with E-state index >= 15 is 0 Å². The van der Waals surface area contributed by atoms with Gasteiger partial charge in [-0.1, -0.05) is 0 Å². The molecule has 0 unspecified atom stereocenters. The van der Waals surface area contributed by atoms with Gasteiger partial charge < -0.3 is 19.4 Å². The standard InChI is InChI=1S/C15H18N4O2/c1-9(20)15-18-12-7-17-14-11(4-5-16-14)13(12)19(15)8-10-3-2-6-21-10/h4-5,7,9-10,20H,2-3,6,8H2,1H3,(H,16,17)/t9-,10+/m1/s1. The van der Waals surface area contributed by atoms with Gasteiger partial charge in [-0.3, -0.25) is 0 Å². The number of imidazole rings is 1. The van der Waals surface area contributed by atoms with Crippen molar-refractivity contribution in [3.8, 4) is 0 Å². The van der Waals surface area contributed by atoms with Gasteiger partial charge in [0, 0.05) is 18.2 Å². The molecule has 6 heteroatoms. The van der Waals surface area contributed by atoms with Crippen molar-refractivity contribution in [3.05, 3.63) is 24.3 Å². The van der Waals surface area contributed by atoms with Crippen LogP contribution in [-0.2, 0) is 11.3 Å². The number of pyridine rings is 1. The number of aliphatic hydroxyl groups is 1. The lowest BCUT2D eigenvalue weighted by Crippen LogP contribution is -2.18. The normalized spacial score (nSPS) is 20.6. The van der Waals surface area contributed by atoms with E-state index in [1.165, 1.54) is 0 Å². The minimum atomic E-state index is -0.618. The van der Waals surface area contributed by atoms with Crippen LogP contribution in [0.4, 0.5) is 0 Å². The van der Waals surface area contributed by atoms with Gasteiger partial charge in [0.1, 0.15) is 23.1 Å². The lowest BCUT2D eigenvalue weighted by molar-refractivity contribution is 0.0940. The summed E-state index contributed by atoms with van der Waals surface area (Å²) >= 11 is 0. The number of nitrogens with one attached hydrogen (secondary N) is 1. The summed E-state index contributed by atoms with van der Waals surface area (Å²) in [6.07, 6.45) is 5.37. The van der Waals surface area contributed by atoms with Gasteiger partial charge in [-0.25, -0.2) is 9.97 Å². The average Bonchev–Trinajstić information content (AvgIpc) is 3.16. The summed E-state index contributed by atoms with van der Waals surface area (Å²) in [6.45, 7) is 3.29. The Bertz CT molecular complexity index is 784. The Morgan fingerprint density at radius 1 is 1.57 bits per heavy atom. The van der Waals surface area contributed by atoms with E-state index in [-0.39, 0.29) is 6.10 Å². The Morgan fingerprint density at radius 3 is 3.24 bits per heavy atom. The maximum Gasteiger partial charge on any atom is 0.139 e. The predicted octanol–water partition coefficient (Wildman–Crippen LogP) is 2.14. The number of ether oxygens (including phenoxy) is 1. The molecule has 4 rings (SSSR count). The number of hydrogen-bond acceptors (Lipinski definition) is 4. The highest BCUT2D eigenvalue weighted by molar-refractivity contribution is 6.01. The molecule has 1 aliphatic rings. The number of H-pyrrole nitrogens is 1. The number of nitrogens with zero attached hydrogens (tertiary/aromatic N) is 3. The van der Waals surface area contributed by atoms with E-state index in [9.17, 15) is 5.11 Å². The Labute approximate surface area is 121 Å². The molecule has 0 radical (unpaired) electrons. The Morgan fingerprint density at radius 2 is 2.48 bits per heavy atom. The first kappa shape index (κ1) is 12.8. The highest BCUT2D eigenvalue weighted by Crippen LogP contribution is 2.28. The fourth-order valence-corrected chi connectivity index (χ4v) is 3.14. The van der Waals surface area contributed by atoms with Crippen LogP contribution in [-0.4, -0.2) is 37.3 Å². The highest BCUT2D eigenvalue weighted by Gasteiger charge is 2.23. The molecule has 0 amide bonds. The van der Waals surface area contributed by atoms with Crippen molar-refractivity contribution in [1.82, 2.24) is 19.5 Å². The zero-order chi connectivity index (χ0) is 14.4. The van der Waals surface area contributed by atoms with Crippen LogP contribution < -0.4 is 0 Å². The average molecular weight is 286 g/mol. The van der Waals surface area contributed by atoms with Crippen molar-refractivity contribution in [2.24, 2.45) is 0 Å². The van der Waals surface area contributed by atoms with Gasteiger partial charge in [-0.15, -0.1) is 0 Å². The van der Waals surface area contributed by atoms with E-state index in [1.54, 1.807) is 13.1 Å². The fourth-order valence-electron chi connectivity index (χ4n) is 3.14. The van der Waals surface area contributed by atoms with Gasteiger partial charge in [0.2, 0.25) is 0 Å². The molecule has 3 aromatic heterocycles. The molecular weight excluding hydrogens is 268 g/mol. The molecule has 0 spiro atoms. The lowest BCUT2D eigenvalue weighted by Gasteiger charge is -2.15. The highest BCUT2D eigenvalue weighted by atomic mass is 16.5. The fraction of sp³-hybridized carbons (Fsp3) is 0.467. The van der Waals surface area contributed by atoms with Gasteiger partial charge in [-0.05, 0) is 25.8 Å². The molecule has 21 heavy (non-hydrogen) atoms. The van der Waals surface area contributed by atoms with Crippen LogP contribution in [0, 0.1) is 0 Å². The first-order chi connectivity index (χ1) is 10.2. The molecule has 0 saturated carbocycles. The minimum absolute atomic E-state index is 0.196. The number of hydrogen-bond donors (Lipinski definition) is 2. The number of rotatable bonds is 3. The molecule has 1 saturated heterocycles. The van der Waals surface area contributed by atoms with Gasteiger partial charge in [-0.2, -0.15) is 0 Å². The first-order valence-electron chi connectivity index (χ1n) is 7.36. The summed E-state index contributed by atoms with van der Waals surface area (Å²) < 4.78 is 7.84. The van der Waals surface area contributed by atoms with Crippen molar-refractivity contribution in [1.29, 1.82) is 0 Å². The molecule has 1 aliphatic heterocycles. The SMILES string of the molecule is C[C@@H](O)c1nc2cnc3[nH]ccc3c2n1C[C@@H]1CCCO1. The zero-order valence-electron chi connectivity index (χ0n) is 11.9. The van der Waals surface area contributed by atoms with E-state index in [4.69, 9.17) is 4.74 Å². The zero-order valence-corrected chi connectivity index (χ0v) is 11.9. The molecular formula is C15H18N4O2. The van der Waals surface area contributed by atoms with Crippen LogP contribution in [0.1, 0.15) is 31.7 Å². The molecule has 2 N–H and O–H groups in total. The molecule has 6 nitrogen and oxygen atoms in total. The minimum Gasteiger partial charge on any atom is -0.385 e. The van der Waals surface area contributed by atoms with Crippen LogP contribution in [0.2, 0.25) is 0 Å². The summed E-state index contributed by atoms with van der Waals surface area (Å²) in [7, 11) is 0. The van der Waals surface area contributed by atoms with Crippen LogP contribution in [0.5, 0.6) is 0 Å². The third-order valence-electron chi connectivity index (χ3n) is 4.10. The molecule has 110 valence electrons. The largest absolute Gasteiger partial charge is 0.385 e. The second-order valence-electron chi connectivity index (χ2n) is 5.62. The van der Waals surface area contributed by atoms with Crippen LogP contribution in [0.3, 0.4) is 0 Å². The molecule has 0 bridgehead atoms. The second kappa shape index (κ2) is 4.82. The number of aromatic amines is 1. The second-order valence-corrected chi connectivity index (χ2v) is 5.62.